The van der Waals surface area contributed by atoms with Gasteiger partial charge in [-0.3, -0.25) is 0 Å². The van der Waals surface area contributed by atoms with Gasteiger partial charge in [0.1, 0.15) is 5.84 Å². The predicted octanol–water partition coefficient (Wildman–Crippen LogP) is 3.93. The van der Waals surface area contributed by atoms with Crippen LogP contribution in [-0.4, -0.2) is 32.2 Å². The van der Waals surface area contributed by atoms with E-state index >= 15 is 0 Å². The fourth-order valence-corrected chi connectivity index (χ4v) is 3.47. The van der Waals surface area contributed by atoms with E-state index in [9.17, 15) is 8.42 Å². The van der Waals surface area contributed by atoms with E-state index in [0.717, 1.165) is 10.0 Å². The Bertz CT molecular complexity index is 768. The van der Waals surface area contributed by atoms with Gasteiger partial charge >= 0.3 is 0 Å². The maximum Gasteiger partial charge on any atom is 0.284 e. The number of hydrogen-bond acceptors (Lipinski definition) is 2. The molecule has 23 heavy (non-hydrogen) atoms. The lowest BCUT2D eigenvalue weighted by atomic mass is 10.2. The standard InChI is InChI=1S/C17H19BrN2O2S/c1-3-20(4-2)17(14-8-6-5-7-9-14)19-23(21,22)16-12-10-15(18)11-13-16/h5-13H,3-4H2,1-2H3/b19-17-. The molecule has 0 aliphatic carbocycles. The van der Waals surface area contributed by atoms with Crippen molar-refractivity contribution < 1.29 is 8.42 Å². The van der Waals surface area contributed by atoms with Gasteiger partial charge in [0.25, 0.3) is 10.0 Å². The highest BCUT2D eigenvalue weighted by molar-refractivity contribution is 9.10. The number of nitrogens with zero attached hydrogens (tertiary/aromatic N) is 2. The van der Waals surface area contributed by atoms with Gasteiger partial charge in [-0.1, -0.05) is 46.3 Å². The Labute approximate surface area is 146 Å². The van der Waals surface area contributed by atoms with Crippen LogP contribution in [0.5, 0.6) is 0 Å². The molecule has 0 N–H and O–H groups in total. The van der Waals surface area contributed by atoms with Gasteiger partial charge in [0.15, 0.2) is 0 Å². The monoisotopic (exact) mass is 394 g/mol. The fourth-order valence-electron chi connectivity index (χ4n) is 2.18. The van der Waals surface area contributed by atoms with Crippen molar-refractivity contribution in [1.29, 1.82) is 0 Å². The van der Waals surface area contributed by atoms with Crippen LogP contribution in [0.3, 0.4) is 0 Å². The summed E-state index contributed by atoms with van der Waals surface area (Å²) in [4.78, 5) is 2.12. The molecule has 0 fully saturated rings. The molecule has 0 aromatic heterocycles. The second-order valence-electron chi connectivity index (χ2n) is 4.88. The van der Waals surface area contributed by atoms with Crippen molar-refractivity contribution >= 4 is 31.8 Å². The summed E-state index contributed by atoms with van der Waals surface area (Å²) < 4.78 is 30.2. The highest BCUT2D eigenvalue weighted by atomic mass is 79.9. The average molecular weight is 395 g/mol. The fraction of sp³-hybridized carbons (Fsp3) is 0.235. The Morgan fingerprint density at radius 1 is 1.00 bits per heavy atom. The zero-order valence-corrected chi connectivity index (χ0v) is 15.5. The van der Waals surface area contributed by atoms with E-state index in [1.54, 1.807) is 24.3 Å². The van der Waals surface area contributed by atoms with Crippen LogP contribution in [0, 0.1) is 0 Å². The summed E-state index contributed by atoms with van der Waals surface area (Å²) in [5, 5.41) is 0. The molecule has 0 bridgehead atoms. The molecule has 0 heterocycles. The van der Waals surface area contributed by atoms with E-state index in [-0.39, 0.29) is 4.90 Å². The molecular formula is C17H19BrN2O2S. The van der Waals surface area contributed by atoms with Crippen LogP contribution in [-0.2, 0) is 10.0 Å². The number of amidine groups is 1. The third-order valence-electron chi connectivity index (χ3n) is 3.41. The minimum absolute atomic E-state index is 0.182. The molecule has 0 aliphatic rings. The third-order valence-corrected chi connectivity index (χ3v) is 5.22. The smallest absolute Gasteiger partial charge is 0.284 e. The van der Waals surface area contributed by atoms with Gasteiger partial charge in [-0.2, -0.15) is 8.42 Å². The van der Waals surface area contributed by atoms with Crippen molar-refractivity contribution in [3.8, 4) is 0 Å². The van der Waals surface area contributed by atoms with Crippen molar-refractivity contribution in [3.05, 3.63) is 64.6 Å². The molecule has 0 unspecified atom stereocenters. The first kappa shape index (κ1) is 17.7. The van der Waals surface area contributed by atoms with Crippen LogP contribution in [0.15, 0.2) is 68.4 Å². The van der Waals surface area contributed by atoms with E-state index < -0.39 is 10.0 Å². The summed E-state index contributed by atoms with van der Waals surface area (Å²) in [5.74, 6) is 0.471. The molecule has 0 radical (unpaired) electrons. The normalized spacial score (nSPS) is 12.2. The number of hydrogen-bond donors (Lipinski definition) is 0. The highest BCUT2D eigenvalue weighted by Gasteiger charge is 2.18. The van der Waals surface area contributed by atoms with E-state index in [1.807, 2.05) is 49.1 Å². The molecule has 0 aliphatic heterocycles. The lowest BCUT2D eigenvalue weighted by molar-refractivity contribution is 0.467. The molecule has 2 aromatic rings. The summed E-state index contributed by atoms with van der Waals surface area (Å²) in [5.41, 5.74) is 0.789. The second-order valence-corrected chi connectivity index (χ2v) is 7.40. The second kappa shape index (κ2) is 7.75. The van der Waals surface area contributed by atoms with Gasteiger partial charge in [-0.15, -0.1) is 4.40 Å². The van der Waals surface area contributed by atoms with Crippen LogP contribution in [0.4, 0.5) is 0 Å². The van der Waals surface area contributed by atoms with Gasteiger partial charge in [-0.05, 0) is 38.1 Å². The van der Waals surface area contributed by atoms with E-state index in [1.165, 1.54) is 0 Å². The largest absolute Gasteiger partial charge is 0.356 e. The van der Waals surface area contributed by atoms with Gasteiger partial charge in [0, 0.05) is 23.1 Å². The van der Waals surface area contributed by atoms with Gasteiger partial charge in [-0.25, -0.2) is 0 Å². The molecular weight excluding hydrogens is 376 g/mol. The van der Waals surface area contributed by atoms with Crippen molar-refractivity contribution in [2.24, 2.45) is 4.40 Å². The third kappa shape index (κ3) is 4.42. The molecule has 0 saturated carbocycles. The molecule has 122 valence electrons. The van der Waals surface area contributed by atoms with E-state index in [4.69, 9.17) is 0 Å². The summed E-state index contributed by atoms with van der Waals surface area (Å²) in [6.45, 7) is 5.32. The van der Waals surface area contributed by atoms with Crippen molar-refractivity contribution in [3.63, 3.8) is 0 Å². The first-order chi connectivity index (χ1) is 11.0. The summed E-state index contributed by atoms with van der Waals surface area (Å²) in [6.07, 6.45) is 0. The number of sulfonamides is 1. The lowest BCUT2D eigenvalue weighted by Gasteiger charge is -2.23. The lowest BCUT2D eigenvalue weighted by Crippen LogP contribution is -2.32. The number of rotatable bonds is 5. The van der Waals surface area contributed by atoms with E-state index in [2.05, 4.69) is 20.3 Å². The maximum absolute atomic E-state index is 12.6. The molecule has 0 amide bonds. The Hall–Kier alpha value is -1.66. The Morgan fingerprint density at radius 3 is 2.09 bits per heavy atom. The van der Waals surface area contributed by atoms with E-state index in [0.29, 0.717) is 18.9 Å². The SMILES string of the molecule is CCN(CC)/C(=N\S(=O)(=O)c1ccc(Br)cc1)c1ccccc1. The summed E-state index contributed by atoms with van der Waals surface area (Å²) in [7, 11) is -3.76. The van der Waals surface area contributed by atoms with Crippen molar-refractivity contribution in [2.75, 3.05) is 13.1 Å². The van der Waals surface area contributed by atoms with Crippen LogP contribution in [0.2, 0.25) is 0 Å². The molecule has 0 saturated heterocycles. The van der Waals surface area contributed by atoms with Crippen LogP contribution >= 0.6 is 15.9 Å². The van der Waals surface area contributed by atoms with Gasteiger partial charge in [0.2, 0.25) is 0 Å². The number of halogens is 1. The van der Waals surface area contributed by atoms with Crippen LogP contribution < -0.4 is 0 Å². The predicted molar refractivity (Wildman–Crippen MR) is 97.2 cm³/mol. The quantitative estimate of drug-likeness (QED) is 0.570. The van der Waals surface area contributed by atoms with Gasteiger partial charge < -0.3 is 4.90 Å². The average Bonchev–Trinajstić information content (AvgIpc) is 2.56. The Kier molecular flexibility index (Phi) is 5.96. The van der Waals surface area contributed by atoms with Gasteiger partial charge in [0.05, 0.1) is 4.90 Å². The molecule has 0 atom stereocenters. The Morgan fingerprint density at radius 2 is 1.57 bits per heavy atom. The zero-order chi connectivity index (χ0) is 16.9. The summed E-state index contributed by atoms with van der Waals surface area (Å²) in [6, 6.07) is 15.9. The molecule has 6 heteroatoms. The summed E-state index contributed by atoms with van der Waals surface area (Å²) >= 11 is 3.31. The zero-order valence-electron chi connectivity index (χ0n) is 13.1. The van der Waals surface area contributed by atoms with Crippen molar-refractivity contribution in [1.82, 2.24) is 4.90 Å². The minimum Gasteiger partial charge on any atom is -0.356 e. The maximum atomic E-state index is 12.6. The van der Waals surface area contributed by atoms with Crippen molar-refractivity contribution in [2.45, 2.75) is 18.7 Å². The minimum atomic E-state index is -3.76. The Balaban J connectivity index is 2.53. The van der Waals surface area contributed by atoms with Crippen LogP contribution in [0.25, 0.3) is 0 Å². The first-order valence-corrected chi connectivity index (χ1v) is 9.62. The topological polar surface area (TPSA) is 49.7 Å². The first-order valence-electron chi connectivity index (χ1n) is 7.38. The molecule has 0 spiro atoms. The number of benzene rings is 2. The van der Waals surface area contributed by atoms with Crippen LogP contribution in [0.1, 0.15) is 19.4 Å². The molecule has 2 rings (SSSR count). The molecule has 2 aromatic carbocycles. The molecule has 4 nitrogen and oxygen atoms in total. The highest BCUT2D eigenvalue weighted by Crippen LogP contribution is 2.18.